The maximum atomic E-state index is 4.44. The second kappa shape index (κ2) is 6.26. The van der Waals surface area contributed by atoms with Crippen LogP contribution in [0.4, 0.5) is 0 Å². The first kappa shape index (κ1) is 11.8. The molecule has 0 saturated carbocycles. The van der Waals surface area contributed by atoms with E-state index >= 15 is 0 Å². The smallest absolute Gasteiger partial charge is 0.0638 e. The largest absolute Gasteiger partial charge is 0.313 e. The summed E-state index contributed by atoms with van der Waals surface area (Å²) in [5, 5.41) is 7.75. The van der Waals surface area contributed by atoms with Crippen molar-refractivity contribution in [3.05, 3.63) is 17.5 Å². The summed E-state index contributed by atoms with van der Waals surface area (Å²) in [6.07, 6.45) is 2.98. The zero-order valence-electron chi connectivity index (χ0n) is 9.80. The number of hydrogen-bond acceptors (Lipinski definition) is 2. The van der Waals surface area contributed by atoms with Gasteiger partial charge < -0.3 is 5.32 Å². The van der Waals surface area contributed by atoms with E-state index in [9.17, 15) is 0 Å². The first-order chi connectivity index (χ1) is 7.27. The summed E-state index contributed by atoms with van der Waals surface area (Å²) in [5.41, 5.74) is 2.39. The average Bonchev–Trinajstić information content (AvgIpc) is 2.57. The van der Waals surface area contributed by atoms with Gasteiger partial charge in [0, 0.05) is 24.7 Å². The van der Waals surface area contributed by atoms with Gasteiger partial charge in [0.1, 0.15) is 0 Å². The molecule has 0 saturated heterocycles. The molecule has 0 spiro atoms. The van der Waals surface area contributed by atoms with Crippen molar-refractivity contribution in [2.45, 2.75) is 40.3 Å². The number of aryl methyl sites for hydroxylation is 2. The van der Waals surface area contributed by atoms with Crippen LogP contribution in [-0.4, -0.2) is 16.3 Å². The Morgan fingerprint density at radius 1 is 1.53 bits per heavy atom. The molecule has 1 heterocycles. The molecule has 1 rings (SSSR count). The van der Waals surface area contributed by atoms with Gasteiger partial charge in [0.05, 0.1) is 12.2 Å². The van der Waals surface area contributed by atoms with Gasteiger partial charge in [-0.25, -0.2) is 0 Å². The third-order valence-corrected chi connectivity index (χ3v) is 2.26. The van der Waals surface area contributed by atoms with Gasteiger partial charge in [0.15, 0.2) is 0 Å². The SMILES string of the molecule is CC#CCCn1cc(CNCC)c(C)n1. The molecule has 0 aliphatic rings. The van der Waals surface area contributed by atoms with Crippen molar-refractivity contribution in [2.75, 3.05) is 6.54 Å². The lowest BCUT2D eigenvalue weighted by atomic mass is 10.2. The number of nitrogens with zero attached hydrogens (tertiary/aromatic N) is 2. The summed E-state index contributed by atoms with van der Waals surface area (Å²) in [6.45, 7) is 8.80. The molecule has 0 atom stereocenters. The van der Waals surface area contributed by atoms with E-state index in [4.69, 9.17) is 0 Å². The fourth-order valence-electron chi connectivity index (χ4n) is 1.40. The molecule has 82 valence electrons. The molecule has 1 N–H and O–H groups in total. The minimum Gasteiger partial charge on any atom is -0.313 e. The second-order valence-corrected chi connectivity index (χ2v) is 3.46. The molecular weight excluding hydrogens is 186 g/mol. The van der Waals surface area contributed by atoms with Crippen LogP contribution in [0.2, 0.25) is 0 Å². The van der Waals surface area contributed by atoms with Crippen LogP contribution in [0.5, 0.6) is 0 Å². The van der Waals surface area contributed by atoms with Crippen LogP contribution in [0.3, 0.4) is 0 Å². The standard InChI is InChI=1S/C12H19N3/c1-4-6-7-8-15-10-12(9-13-5-2)11(3)14-15/h10,13H,5,7-9H2,1-3H3. The first-order valence-electron chi connectivity index (χ1n) is 5.41. The van der Waals surface area contributed by atoms with Crippen molar-refractivity contribution < 1.29 is 0 Å². The normalized spacial score (nSPS) is 9.80. The lowest BCUT2D eigenvalue weighted by Crippen LogP contribution is -2.11. The monoisotopic (exact) mass is 205 g/mol. The summed E-state index contributed by atoms with van der Waals surface area (Å²) in [4.78, 5) is 0. The summed E-state index contributed by atoms with van der Waals surface area (Å²) < 4.78 is 1.98. The van der Waals surface area contributed by atoms with Crippen molar-refractivity contribution in [1.29, 1.82) is 0 Å². The minimum atomic E-state index is 0.873. The maximum Gasteiger partial charge on any atom is 0.0638 e. The predicted molar refractivity (Wildman–Crippen MR) is 62.4 cm³/mol. The van der Waals surface area contributed by atoms with Crippen LogP contribution in [0.25, 0.3) is 0 Å². The van der Waals surface area contributed by atoms with E-state index in [1.165, 1.54) is 5.56 Å². The Morgan fingerprint density at radius 3 is 3.00 bits per heavy atom. The van der Waals surface area contributed by atoms with Gasteiger partial charge in [-0.05, 0) is 20.4 Å². The Kier molecular flexibility index (Phi) is 4.92. The maximum absolute atomic E-state index is 4.44. The highest BCUT2D eigenvalue weighted by molar-refractivity contribution is 5.15. The van der Waals surface area contributed by atoms with Gasteiger partial charge in [0.25, 0.3) is 0 Å². The molecule has 0 unspecified atom stereocenters. The quantitative estimate of drug-likeness (QED) is 0.742. The van der Waals surface area contributed by atoms with Gasteiger partial charge in [0.2, 0.25) is 0 Å². The van der Waals surface area contributed by atoms with E-state index in [0.29, 0.717) is 0 Å². The van der Waals surface area contributed by atoms with Crippen molar-refractivity contribution >= 4 is 0 Å². The number of nitrogens with one attached hydrogen (secondary N) is 1. The summed E-state index contributed by atoms with van der Waals surface area (Å²) in [6, 6.07) is 0. The number of aromatic nitrogens is 2. The summed E-state index contributed by atoms with van der Waals surface area (Å²) in [7, 11) is 0. The second-order valence-electron chi connectivity index (χ2n) is 3.46. The molecule has 1 aromatic heterocycles. The lowest BCUT2D eigenvalue weighted by molar-refractivity contribution is 0.624. The molecule has 0 amide bonds. The number of hydrogen-bond donors (Lipinski definition) is 1. The molecule has 0 aromatic carbocycles. The van der Waals surface area contributed by atoms with Gasteiger partial charge in [-0.1, -0.05) is 6.92 Å². The van der Waals surface area contributed by atoms with E-state index in [1.54, 1.807) is 0 Å². The molecule has 3 nitrogen and oxygen atoms in total. The Labute approximate surface area is 91.9 Å². The van der Waals surface area contributed by atoms with Crippen molar-refractivity contribution in [2.24, 2.45) is 0 Å². The molecule has 0 fully saturated rings. The predicted octanol–water partition coefficient (Wildman–Crippen LogP) is 1.71. The third-order valence-electron chi connectivity index (χ3n) is 2.26. The van der Waals surface area contributed by atoms with Gasteiger partial charge in [-0.3, -0.25) is 4.68 Å². The van der Waals surface area contributed by atoms with Gasteiger partial charge in [-0.2, -0.15) is 5.10 Å². The molecule has 0 radical (unpaired) electrons. The highest BCUT2D eigenvalue weighted by Gasteiger charge is 2.02. The molecule has 0 aliphatic heterocycles. The average molecular weight is 205 g/mol. The fourth-order valence-corrected chi connectivity index (χ4v) is 1.40. The van der Waals surface area contributed by atoms with E-state index in [0.717, 1.165) is 31.7 Å². The van der Waals surface area contributed by atoms with Gasteiger partial charge in [-0.15, -0.1) is 11.8 Å². The Bertz CT molecular complexity index is 355. The molecule has 0 bridgehead atoms. The molecule has 15 heavy (non-hydrogen) atoms. The van der Waals surface area contributed by atoms with Crippen LogP contribution in [0, 0.1) is 18.8 Å². The van der Waals surface area contributed by atoms with Crippen molar-refractivity contribution in [1.82, 2.24) is 15.1 Å². The topological polar surface area (TPSA) is 29.9 Å². The third kappa shape index (κ3) is 3.77. The van der Waals surface area contributed by atoms with Crippen molar-refractivity contribution in [3.8, 4) is 11.8 Å². The van der Waals surface area contributed by atoms with Crippen LogP contribution in [-0.2, 0) is 13.1 Å². The summed E-state index contributed by atoms with van der Waals surface area (Å²) >= 11 is 0. The van der Waals surface area contributed by atoms with Crippen LogP contribution in [0.15, 0.2) is 6.20 Å². The Morgan fingerprint density at radius 2 is 2.33 bits per heavy atom. The Hall–Kier alpha value is -1.27. The Balaban J connectivity index is 2.54. The van der Waals surface area contributed by atoms with E-state index in [2.05, 4.69) is 42.3 Å². The van der Waals surface area contributed by atoms with E-state index in [-0.39, 0.29) is 0 Å². The van der Waals surface area contributed by atoms with Crippen LogP contribution in [0.1, 0.15) is 31.5 Å². The van der Waals surface area contributed by atoms with Crippen LogP contribution >= 0.6 is 0 Å². The fraction of sp³-hybridized carbons (Fsp3) is 0.583. The number of rotatable bonds is 5. The highest BCUT2D eigenvalue weighted by atomic mass is 15.3. The van der Waals surface area contributed by atoms with E-state index in [1.807, 2.05) is 11.6 Å². The van der Waals surface area contributed by atoms with Crippen LogP contribution < -0.4 is 5.32 Å². The van der Waals surface area contributed by atoms with Gasteiger partial charge >= 0.3 is 0 Å². The molecule has 0 aliphatic carbocycles. The zero-order valence-corrected chi connectivity index (χ0v) is 9.80. The van der Waals surface area contributed by atoms with Crippen molar-refractivity contribution in [3.63, 3.8) is 0 Å². The zero-order chi connectivity index (χ0) is 11.1. The molecule has 1 aromatic rings. The summed E-state index contributed by atoms with van der Waals surface area (Å²) in [5.74, 6) is 5.93. The highest BCUT2D eigenvalue weighted by Crippen LogP contribution is 2.05. The minimum absolute atomic E-state index is 0.873. The first-order valence-corrected chi connectivity index (χ1v) is 5.41. The van der Waals surface area contributed by atoms with E-state index < -0.39 is 0 Å². The lowest BCUT2D eigenvalue weighted by Gasteiger charge is -1.97. The molecular formula is C12H19N3. The molecule has 3 heteroatoms.